The highest BCUT2D eigenvalue weighted by atomic mass is 32.2. The summed E-state index contributed by atoms with van der Waals surface area (Å²) in [6, 6.07) is 1.73. The van der Waals surface area contributed by atoms with E-state index in [1.165, 1.54) is 30.5 Å². The lowest BCUT2D eigenvalue weighted by Crippen LogP contribution is -2.28. The van der Waals surface area contributed by atoms with E-state index >= 15 is 0 Å². The van der Waals surface area contributed by atoms with Crippen LogP contribution in [0, 0.1) is 0 Å². The van der Waals surface area contributed by atoms with Gasteiger partial charge in [0.1, 0.15) is 12.2 Å². The first-order valence-electron chi connectivity index (χ1n) is 6.73. The number of hydrogen-bond acceptors (Lipinski definition) is 6. The lowest BCUT2D eigenvalue weighted by Gasteiger charge is -2.12. The molecule has 2 heterocycles. The number of sulfonamides is 1. The number of nitrogens with zero attached hydrogens (tertiary/aromatic N) is 2. The number of rotatable bonds is 7. The third-order valence-corrected chi connectivity index (χ3v) is 5.97. The molecule has 0 bridgehead atoms. The Kier molecular flexibility index (Phi) is 4.07. The molecular weight excluding hydrogens is 310 g/mol. The van der Waals surface area contributed by atoms with Crippen LogP contribution in [0.4, 0.5) is 0 Å². The summed E-state index contributed by atoms with van der Waals surface area (Å²) in [5, 5.41) is 11.5. The number of aromatic amines is 1. The topological polar surface area (TPSA) is 99.8 Å². The second-order valence-electron chi connectivity index (χ2n) is 5.08. The van der Waals surface area contributed by atoms with Crippen LogP contribution in [0.2, 0.25) is 0 Å². The predicted molar refractivity (Wildman–Crippen MR) is 79.3 cm³/mol. The van der Waals surface area contributed by atoms with Gasteiger partial charge >= 0.3 is 0 Å². The van der Waals surface area contributed by atoms with Gasteiger partial charge < -0.3 is 5.32 Å². The van der Waals surface area contributed by atoms with Crippen molar-refractivity contribution < 1.29 is 8.42 Å². The predicted octanol–water partition coefficient (Wildman–Crippen LogP) is 1.16. The summed E-state index contributed by atoms with van der Waals surface area (Å²) < 4.78 is 27.6. The van der Waals surface area contributed by atoms with Crippen LogP contribution in [-0.2, 0) is 16.6 Å². The molecule has 3 N–H and O–H groups in total. The van der Waals surface area contributed by atoms with E-state index in [0.717, 1.165) is 4.88 Å². The average Bonchev–Trinajstić information content (AvgIpc) is 2.95. The summed E-state index contributed by atoms with van der Waals surface area (Å²) in [6.45, 7) is 2.32. The van der Waals surface area contributed by atoms with Crippen molar-refractivity contribution in [1.82, 2.24) is 25.2 Å². The first-order chi connectivity index (χ1) is 10.1. The molecule has 1 atom stereocenters. The van der Waals surface area contributed by atoms with Crippen LogP contribution >= 0.6 is 11.3 Å². The highest BCUT2D eigenvalue weighted by Gasteiger charge is 2.25. The van der Waals surface area contributed by atoms with Crippen molar-refractivity contribution in [3.63, 3.8) is 0 Å². The van der Waals surface area contributed by atoms with Crippen molar-refractivity contribution in [3.8, 4) is 0 Å². The Morgan fingerprint density at radius 1 is 1.52 bits per heavy atom. The quantitative estimate of drug-likeness (QED) is 0.708. The van der Waals surface area contributed by atoms with Crippen LogP contribution in [0.5, 0.6) is 0 Å². The molecule has 21 heavy (non-hydrogen) atoms. The summed E-state index contributed by atoms with van der Waals surface area (Å²) in [7, 11) is -3.57. The number of H-pyrrole nitrogens is 1. The van der Waals surface area contributed by atoms with Crippen LogP contribution in [-0.4, -0.2) is 29.6 Å². The zero-order valence-corrected chi connectivity index (χ0v) is 13.2. The Balaban J connectivity index is 1.73. The van der Waals surface area contributed by atoms with E-state index < -0.39 is 16.1 Å². The van der Waals surface area contributed by atoms with E-state index in [4.69, 9.17) is 0 Å². The van der Waals surface area contributed by atoms with E-state index in [1.807, 2.05) is 0 Å². The summed E-state index contributed by atoms with van der Waals surface area (Å²) in [5.41, 5.74) is 0. The van der Waals surface area contributed by atoms with E-state index in [2.05, 4.69) is 25.2 Å². The van der Waals surface area contributed by atoms with Crippen LogP contribution in [0.3, 0.4) is 0 Å². The molecule has 0 aromatic carbocycles. The number of aromatic nitrogens is 3. The fraction of sp³-hybridized carbons (Fsp3) is 0.500. The molecule has 1 fully saturated rings. The van der Waals surface area contributed by atoms with Gasteiger partial charge in [-0.05, 0) is 31.2 Å². The van der Waals surface area contributed by atoms with Crippen LogP contribution in [0.25, 0.3) is 0 Å². The second-order valence-corrected chi connectivity index (χ2v) is 7.76. The third-order valence-electron chi connectivity index (χ3n) is 3.30. The van der Waals surface area contributed by atoms with Crippen LogP contribution in [0.15, 0.2) is 22.7 Å². The largest absolute Gasteiger partial charge is 0.309 e. The molecule has 1 saturated carbocycles. The standard InChI is InChI=1S/C12H17N5O2S2/c1-8(12-14-7-15-16-12)17-21(18,19)11-4-5-20-10(11)6-13-9-2-3-9/h4-5,7-9,13,17H,2-3,6H2,1H3,(H,14,15,16). The van der Waals surface area contributed by atoms with E-state index in [1.54, 1.807) is 18.4 Å². The maximum absolute atomic E-state index is 12.5. The van der Waals surface area contributed by atoms with Gasteiger partial charge in [-0.25, -0.2) is 18.1 Å². The summed E-state index contributed by atoms with van der Waals surface area (Å²) >= 11 is 1.45. The molecule has 1 unspecified atom stereocenters. The Morgan fingerprint density at radius 2 is 2.33 bits per heavy atom. The van der Waals surface area contributed by atoms with E-state index in [9.17, 15) is 8.42 Å². The Morgan fingerprint density at radius 3 is 3.00 bits per heavy atom. The fourth-order valence-corrected chi connectivity index (χ4v) is 4.60. The molecule has 9 heteroatoms. The van der Waals surface area contributed by atoms with Crippen LogP contribution in [0.1, 0.15) is 36.5 Å². The molecular formula is C12H17N5O2S2. The first kappa shape index (κ1) is 14.6. The first-order valence-corrected chi connectivity index (χ1v) is 9.10. The van der Waals surface area contributed by atoms with Crippen molar-refractivity contribution in [1.29, 1.82) is 0 Å². The summed E-state index contributed by atoms with van der Waals surface area (Å²) in [4.78, 5) is 5.14. The monoisotopic (exact) mass is 327 g/mol. The molecule has 0 aliphatic heterocycles. The van der Waals surface area contributed by atoms with E-state index in [0.29, 0.717) is 23.3 Å². The van der Waals surface area contributed by atoms with Crippen molar-refractivity contribution >= 4 is 21.4 Å². The zero-order valence-electron chi connectivity index (χ0n) is 11.5. The van der Waals surface area contributed by atoms with Gasteiger partial charge in [0, 0.05) is 17.5 Å². The van der Waals surface area contributed by atoms with Crippen LogP contribution < -0.4 is 10.0 Å². The lowest BCUT2D eigenvalue weighted by molar-refractivity contribution is 0.558. The molecule has 0 spiro atoms. The molecule has 2 aromatic rings. The number of hydrogen-bond donors (Lipinski definition) is 3. The van der Waals surface area contributed by atoms with Gasteiger partial charge in [-0.1, -0.05) is 0 Å². The molecule has 1 aliphatic carbocycles. The van der Waals surface area contributed by atoms with Crippen molar-refractivity contribution in [2.24, 2.45) is 0 Å². The minimum absolute atomic E-state index is 0.340. The third kappa shape index (κ3) is 3.49. The number of nitrogens with one attached hydrogen (secondary N) is 3. The Labute approximate surface area is 127 Å². The highest BCUT2D eigenvalue weighted by molar-refractivity contribution is 7.89. The minimum Gasteiger partial charge on any atom is -0.309 e. The molecule has 114 valence electrons. The fourth-order valence-electron chi connectivity index (χ4n) is 2.00. The Hall–Kier alpha value is -1.29. The summed E-state index contributed by atoms with van der Waals surface area (Å²) in [6.07, 6.45) is 3.71. The molecule has 0 radical (unpaired) electrons. The minimum atomic E-state index is -3.57. The van der Waals surface area contributed by atoms with Gasteiger partial charge in [-0.2, -0.15) is 5.10 Å². The molecule has 1 aliphatic rings. The summed E-state index contributed by atoms with van der Waals surface area (Å²) in [5.74, 6) is 0.492. The van der Waals surface area contributed by atoms with Gasteiger partial charge in [0.05, 0.1) is 10.9 Å². The molecule has 0 saturated heterocycles. The Bertz CT molecular complexity index is 691. The highest BCUT2D eigenvalue weighted by Crippen LogP contribution is 2.25. The smallest absolute Gasteiger partial charge is 0.242 e. The van der Waals surface area contributed by atoms with Crippen molar-refractivity contribution in [2.75, 3.05) is 0 Å². The van der Waals surface area contributed by atoms with Gasteiger partial charge in [0.2, 0.25) is 10.0 Å². The molecule has 0 amide bonds. The number of thiophene rings is 1. The van der Waals surface area contributed by atoms with Gasteiger partial charge in [0.15, 0.2) is 0 Å². The van der Waals surface area contributed by atoms with Gasteiger partial charge in [-0.3, -0.25) is 5.10 Å². The van der Waals surface area contributed by atoms with Crippen molar-refractivity contribution in [3.05, 3.63) is 28.5 Å². The van der Waals surface area contributed by atoms with E-state index in [-0.39, 0.29) is 0 Å². The SMILES string of the molecule is CC(NS(=O)(=O)c1ccsc1CNC1CC1)c1ncn[nH]1. The molecule has 3 rings (SSSR count). The molecule has 2 aromatic heterocycles. The van der Waals surface area contributed by atoms with Crippen molar-refractivity contribution in [2.45, 2.75) is 43.3 Å². The van der Waals surface area contributed by atoms with Gasteiger partial charge in [-0.15, -0.1) is 11.3 Å². The average molecular weight is 327 g/mol. The zero-order chi connectivity index (χ0) is 14.9. The van der Waals surface area contributed by atoms with Gasteiger partial charge in [0.25, 0.3) is 0 Å². The lowest BCUT2D eigenvalue weighted by atomic mass is 10.3. The maximum Gasteiger partial charge on any atom is 0.242 e. The second kappa shape index (κ2) is 5.84. The molecule has 7 nitrogen and oxygen atoms in total. The maximum atomic E-state index is 12.5. The normalized spacial score (nSPS) is 17.0.